The Kier molecular flexibility index (Phi) is 5.49. The van der Waals surface area contributed by atoms with Crippen molar-refractivity contribution in [3.05, 3.63) is 34.9 Å². The zero-order valence-electron chi connectivity index (χ0n) is 10.7. The van der Waals surface area contributed by atoms with Crippen LogP contribution in [-0.2, 0) is 11.3 Å². The van der Waals surface area contributed by atoms with E-state index in [-0.39, 0.29) is 5.91 Å². The van der Waals surface area contributed by atoms with Crippen molar-refractivity contribution in [2.45, 2.75) is 33.2 Å². The molecule has 1 rings (SSSR count). The van der Waals surface area contributed by atoms with E-state index in [0.29, 0.717) is 18.9 Å². The summed E-state index contributed by atoms with van der Waals surface area (Å²) in [6.45, 7) is 4.91. The van der Waals surface area contributed by atoms with Crippen LogP contribution >= 0.6 is 11.6 Å². The molecule has 0 aliphatic rings. The van der Waals surface area contributed by atoms with Gasteiger partial charge in [-0.25, -0.2) is 0 Å². The van der Waals surface area contributed by atoms with Gasteiger partial charge in [0.25, 0.3) is 0 Å². The molecule has 0 aliphatic heterocycles. The molecule has 0 bridgehead atoms. The van der Waals surface area contributed by atoms with Crippen LogP contribution < -0.4 is 0 Å². The van der Waals surface area contributed by atoms with E-state index in [2.05, 4.69) is 13.8 Å². The maximum absolute atomic E-state index is 11.8. The quantitative estimate of drug-likeness (QED) is 0.783. The zero-order chi connectivity index (χ0) is 12.8. The van der Waals surface area contributed by atoms with E-state index < -0.39 is 0 Å². The lowest BCUT2D eigenvalue weighted by Gasteiger charge is -2.18. The fraction of sp³-hybridized carbons (Fsp3) is 0.500. The van der Waals surface area contributed by atoms with E-state index in [4.69, 9.17) is 11.6 Å². The summed E-state index contributed by atoms with van der Waals surface area (Å²) in [6.07, 6.45) is 1.57. The van der Waals surface area contributed by atoms with Crippen molar-refractivity contribution in [2.24, 2.45) is 5.92 Å². The Morgan fingerprint density at radius 1 is 1.29 bits per heavy atom. The number of hydrogen-bond acceptors (Lipinski definition) is 1. The molecule has 0 aromatic heterocycles. The number of carbonyl (C=O) groups excluding carboxylic acids is 1. The number of halogens is 1. The highest BCUT2D eigenvalue weighted by molar-refractivity contribution is 6.30. The lowest BCUT2D eigenvalue weighted by molar-refractivity contribution is -0.130. The molecule has 0 saturated heterocycles. The van der Waals surface area contributed by atoms with Gasteiger partial charge in [-0.15, -0.1) is 0 Å². The fourth-order valence-electron chi connectivity index (χ4n) is 1.55. The second-order valence-electron chi connectivity index (χ2n) is 4.81. The Bertz CT molecular complexity index is 359. The summed E-state index contributed by atoms with van der Waals surface area (Å²) in [5.41, 5.74) is 1.11. The maximum atomic E-state index is 11.8. The molecule has 0 spiro atoms. The molecule has 17 heavy (non-hydrogen) atoms. The van der Waals surface area contributed by atoms with Crippen LogP contribution in [0, 0.1) is 5.92 Å². The molecule has 94 valence electrons. The number of rotatable bonds is 5. The van der Waals surface area contributed by atoms with E-state index in [1.54, 1.807) is 4.90 Å². The Morgan fingerprint density at radius 2 is 1.88 bits per heavy atom. The molecule has 0 fully saturated rings. The highest BCUT2D eigenvalue weighted by Gasteiger charge is 2.09. The monoisotopic (exact) mass is 253 g/mol. The molecule has 2 nitrogen and oxygen atoms in total. The van der Waals surface area contributed by atoms with E-state index in [9.17, 15) is 4.79 Å². The van der Waals surface area contributed by atoms with Gasteiger partial charge in [0.15, 0.2) is 0 Å². The third-order valence-electron chi connectivity index (χ3n) is 2.69. The van der Waals surface area contributed by atoms with E-state index in [0.717, 1.165) is 17.0 Å². The van der Waals surface area contributed by atoms with Crippen LogP contribution in [0.3, 0.4) is 0 Å². The molecule has 3 heteroatoms. The third-order valence-corrected chi connectivity index (χ3v) is 2.95. The first-order chi connectivity index (χ1) is 7.99. The van der Waals surface area contributed by atoms with Crippen molar-refractivity contribution in [1.82, 2.24) is 4.90 Å². The van der Waals surface area contributed by atoms with Crippen LogP contribution in [-0.4, -0.2) is 17.9 Å². The van der Waals surface area contributed by atoms with Gasteiger partial charge in [-0.2, -0.15) is 0 Å². The maximum Gasteiger partial charge on any atom is 0.222 e. The van der Waals surface area contributed by atoms with Gasteiger partial charge < -0.3 is 4.90 Å². The average Bonchev–Trinajstić information content (AvgIpc) is 2.28. The number of hydrogen-bond donors (Lipinski definition) is 0. The van der Waals surface area contributed by atoms with Crippen molar-refractivity contribution >= 4 is 17.5 Å². The summed E-state index contributed by atoms with van der Waals surface area (Å²) in [4.78, 5) is 13.6. The van der Waals surface area contributed by atoms with Gasteiger partial charge in [0.05, 0.1) is 0 Å². The van der Waals surface area contributed by atoms with Crippen molar-refractivity contribution in [3.63, 3.8) is 0 Å². The number of amides is 1. The molecule has 1 aromatic rings. The van der Waals surface area contributed by atoms with Gasteiger partial charge in [0, 0.05) is 25.0 Å². The predicted octanol–water partition coefficient (Wildman–Crippen LogP) is 3.73. The van der Waals surface area contributed by atoms with Gasteiger partial charge in [0.2, 0.25) is 5.91 Å². The van der Waals surface area contributed by atoms with Crippen molar-refractivity contribution in [3.8, 4) is 0 Å². The minimum Gasteiger partial charge on any atom is -0.341 e. The molecule has 0 heterocycles. The lowest BCUT2D eigenvalue weighted by atomic mass is 10.1. The molecule has 0 saturated carbocycles. The first-order valence-electron chi connectivity index (χ1n) is 5.97. The molecule has 0 unspecified atom stereocenters. The van der Waals surface area contributed by atoms with Crippen LogP contribution in [0.4, 0.5) is 0 Å². The minimum atomic E-state index is 0.202. The summed E-state index contributed by atoms with van der Waals surface area (Å²) in [7, 11) is 1.84. The largest absolute Gasteiger partial charge is 0.341 e. The topological polar surface area (TPSA) is 20.3 Å². The number of carbonyl (C=O) groups is 1. The smallest absolute Gasteiger partial charge is 0.222 e. The van der Waals surface area contributed by atoms with Crippen LogP contribution in [0.2, 0.25) is 5.02 Å². The Labute approximate surface area is 109 Å². The first kappa shape index (κ1) is 14.0. The summed E-state index contributed by atoms with van der Waals surface area (Å²) in [5.74, 6) is 0.775. The Balaban J connectivity index is 2.45. The molecule has 0 atom stereocenters. The molecule has 1 amide bonds. The van der Waals surface area contributed by atoms with Crippen LogP contribution in [0.25, 0.3) is 0 Å². The molecule has 0 aliphatic carbocycles. The van der Waals surface area contributed by atoms with Gasteiger partial charge in [-0.1, -0.05) is 37.6 Å². The number of benzene rings is 1. The average molecular weight is 254 g/mol. The second-order valence-corrected chi connectivity index (χ2v) is 5.25. The molecule has 1 aromatic carbocycles. The Hall–Kier alpha value is -1.02. The summed E-state index contributed by atoms with van der Waals surface area (Å²) >= 11 is 5.81. The predicted molar refractivity (Wildman–Crippen MR) is 72.0 cm³/mol. The van der Waals surface area contributed by atoms with E-state index in [1.165, 1.54) is 0 Å². The van der Waals surface area contributed by atoms with Crippen LogP contribution in [0.15, 0.2) is 24.3 Å². The van der Waals surface area contributed by atoms with Gasteiger partial charge in [-0.05, 0) is 30.0 Å². The van der Waals surface area contributed by atoms with Crippen molar-refractivity contribution < 1.29 is 4.79 Å². The van der Waals surface area contributed by atoms with E-state index >= 15 is 0 Å². The normalized spacial score (nSPS) is 10.6. The zero-order valence-corrected chi connectivity index (χ0v) is 11.5. The SMILES string of the molecule is CC(C)CCC(=O)N(C)Cc1ccc(Cl)cc1. The second kappa shape index (κ2) is 6.65. The van der Waals surface area contributed by atoms with Gasteiger partial charge in [-0.3, -0.25) is 4.79 Å². The van der Waals surface area contributed by atoms with Gasteiger partial charge in [0.1, 0.15) is 0 Å². The summed E-state index contributed by atoms with van der Waals surface area (Å²) in [5, 5.41) is 0.725. The van der Waals surface area contributed by atoms with Gasteiger partial charge >= 0.3 is 0 Å². The van der Waals surface area contributed by atoms with E-state index in [1.807, 2.05) is 31.3 Å². The molecular weight excluding hydrogens is 234 g/mol. The standard InChI is InChI=1S/C14H20ClNO/c1-11(2)4-9-14(17)16(3)10-12-5-7-13(15)8-6-12/h5-8,11H,4,9-10H2,1-3H3. The molecule has 0 N–H and O–H groups in total. The number of nitrogens with zero attached hydrogens (tertiary/aromatic N) is 1. The summed E-state index contributed by atoms with van der Waals surface area (Å²) in [6, 6.07) is 7.61. The summed E-state index contributed by atoms with van der Waals surface area (Å²) < 4.78 is 0. The molecular formula is C14H20ClNO. The highest BCUT2D eigenvalue weighted by atomic mass is 35.5. The molecule has 0 radical (unpaired) electrons. The van der Waals surface area contributed by atoms with Crippen LogP contribution in [0.5, 0.6) is 0 Å². The van der Waals surface area contributed by atoms with Crippen molar-refractivity contribution in [1.29, 1.82) is 0 Å². The van der Waals surface area contributed by atoms with Crippen molar-refractivity contribution in [2.75, 3.05) is 7.05 Å². The highest BCUT2D eigenvalue weighted by Crippen LogP contribution is 2.12. The lowest BCUT2D eigenvalue weighted by Crippen LogP contribution is -2.26. The Morgan fingerprint density at radius 3 is 2.41 bits per heavy atom. The van der Waals surface area contributed by atoms with Crippen LogP contribution in [0.1, 0.15) is 32.3 Å². The first-order valence-corrected chi connectivity index (χ1v) is 6.35. The third kappa shape index (κ3) is 5.22. The fourth-order valence-corrected chi connectivity index (χ4v) is 1.68. The minimum absolute atomic E-state index is 0.202.